The van der Waals surface area contributed by atoms with Gasteiger partial charge in [-0.05, 0) is 36.2 Å². The molecule has 173 valence electrons. The van der Waals surface area contributed by atoms with Gasteiger partial charge in [-0.25, -0.2) is 0 Å². The number of hydrogen-bond donors (Lipinski definition) is 2. The molecule has 2 aromatic rings. The highest BCUT2D eigenvalue weighted by Gasteiger charge is 2.45. The summed E-state index contributed by atoms with van der Waals surface area (Å²) in [5.41, 5.74) is 8.81. The Balaban J connectivity index is 2.08. The lowest BCUT2D eigenvalue weighted by Gasteiger charge is -2.32. The maximum atomic E-state index is 13.3. The molecular formula is C23H24N3O7. The fraction of sp³-hybridized carbons (Fsp3) is 0.304. The van der Waals surface area contributed by atoms with Gasteiger partial charge in [-0.3, -0.25) is 19.2 Å². The molecule has 0 aliphatic carbocycles. The summed E-state index contributed by atoms with van der Waals surface area (Å²) in [5, 5.41) is 0. The van der Waals surface area contributed by atoms with Crippen LogP contribution in [0.5, 0.6) is 11.5 Å². The number of ether oxygens (including phenoxy) is 2. The number of fused-ring (bicyclic) bond motifs is 1. The quantitative estimate of drug-likeness (QED) is 0.578. The van der Waals surface area contributed by atoms with E-state index in [-0.39, 0.29) is 12.0 Å². The van der Waals surface area contributed by atoms with E-state index in [1.54, 1.807) is 43.3 Å². The molecule has 0 aromatic heterocycles. The number of hydrogen-bond acceptors (Lipinski definition) is 7. The summed E-state index contributed by atoms with van der Waals surface area (Å²) < 4.78 is 10.9. The van der Waals surface area contributed by atoms with Crippen LogP contribution in [0.15, 0.2) is 36.4 Å². The first-order valence-corrected chi connectivity index (χ1v) is 10.2. The van der Waals surface area contributed by atoms with Gasteiger partial charge in [0, 0.05) is 6.92 Å². The smallest absolute Gasteiger partial charge is 0.329 e. The van der Waals surface area contributed by atoms with Gasteiger partial charge in [-0.15, -0.1) is 0 Å². The van der Waals surface area contributed by atoms with Gasteiger partial charge in [0.1, 0.15) is 6.04 Å². The highest BCUT2D eigenvalue weighted by Crippen LogP contribution is 2.42. The van der Waals surface area contributed by atoms with Crippen molar-refractivity contribution in [3.63, 3.8) is 0 Å². The van der Waals surface area contributed by atoms with Crippen molar-refractivity contribution in [2.24, 2.45) is 5.73 Å². The number of nitrogens with two attached hydrogens (primary N) is 1. The van der Waals surface area contributed by atoms with Gasteiger partial charge < -0.3 is 24.9 Å². The molecule has 1 radical (unpaired) electrons. The molecule has 1 heterocycles. The van der Waals surface area contributed by atoms with Gasteiger partial charge in [-0.1, -0.05) is 24.3 Å². The second-order valence-electron chi connectivity index (χ2n) is 7.20. The van der Waals surface area contributed by atoms with Crippen molar-refractivity contribution in [1.29, 1.82) is 0 Å². The topological polar surface area (TPSA) is 137 Å². The average molecular weight is 454 g/mol. The van der Waals surface area contributed by atoms with Crippen molar-refractivity contribution in [1.82, 2.24) is 10.4 Å². The Kier molecular flexibility index (Phi) is 7.17. The summed E-state index contributed by atoms with van der Waals surface area (Å²) in [4.78, 5) is 55.2. The zero-order valence-electron chi connectivity index (χ0n) is 18.4. The van der Waals surface area contributed by atoms with Crippen LogP contribution in [0, 0.1) is 6.07 Å². The zero-order valence-corrected chi connectivity index (χ0v) is 18.4. The lowest BCUT2D eigenvalue weighted by molar-refractivity contribution is -0.156. The average Bonchev–Trinajstić information content (AvgIpc) is 3.09. The summed E-state index contributed by atoms with van der Waals surface area (Å²) in [6.45, 7) is 3.29. The number of nitrogens with zero attached hydrogens (tertiary/aromatic N) is 1. The standard InChI is InChI=1S/C23H24N3O7/c1-4-32-19-11-14(9-10-18(19)31-3)17(12-20(28)25-33-13(2)27)26-21(22(24)29)15-7-5-6-8-16(15)23(26)30/h5-7,9-11,17,21H,4,12H2,1-3H3,(H2,24,29)(H,25,28). The number of methoxy groups -OCH3 is 1. The zero-order chi connectivity index (χ0) is 24.1. The molecule has 0 spiro atoms. The summed E-state index contributed by atoms with van der Waals surface area (Å²) in [6.07, 6.45) is -0.325. The summed E-state index contributed by atoms with van der Waals surface area (Å²) in [5.74, 6) is -1.80. The molecule has 2 unspecified atom stereocenters. The second-order valence-corrected chi connectivity index (χ2v) is 7.20. The Morgan fingerprint density at radius 3 is 2.64 bits per heavy atom. The number of amides is 3. The minimum absolute atomic E-state index is 0.199. The van der Waals surface area contributed by atoms with Crippen LogP contribution in [0.3, 0.4) is 0 Å². The van der Waals surface area contributed by atoms with E-state index in [4.69, 9.17) is 15.2 Å². The Labute approximate surface area is 190 Å². The molecule has 10 nitrogen and oxygen atoms in total. The van der Waals surface area contributed by atoms with Crippen molar-refractivity contribution >= 4 is 23.7 Å². The van der Waals surface area contributed by atoms with Crippen LogP contribution in [0.1, 0.15) is 53.8 Å². The van der Waals surface area contributed by atoms with E-state index in [9.17, 15) is 19.2 Å². The number of benzene rings is 2. The van der Waals surface area contributed by atoms with Gasteiger partial charge in [0.15, 0.2) is 11.5 Å². The van der Waals surface area contributed by atoms with Gasteiger partial charge in [0.2, 0.25) is 5.91 Å². The van der Waals surface area contributed by atoms with Crippen LogP contribution in [-0.4, -0.2) is 42.3 Å². The highest BCUT2D eigenvalue weighted by molar-refractivity contribution is 6.04. The molecule has 2 atom stereocenters. The second kappa shape index (κ2) is 10.0. The minimum Gasteiger partial charge on any atom is -0.493 e. The molecule has 0 saturated heterocycles. The number of hydroxylamine groups is 1. The number of primary amides is 1. The third kappa shape index (κ3) is 4.89. The summed E-state index contributed by atoms with van der Waals surface area (Å²) in [7, 11) is 1.49. The van der Waals surface area contributed by atoms with Crippen molar-refractivity contribution in [3.05, 3.63) is 59.2 Å². The van der Waals surface area contributed by atoms with E-state index in [0.29, 0.717) is 29.2 Å². The monoisotopic (exact) mass is 454 g/mol. The highest BCUT2D eigenvalue weighted by atomic mass is 16.7. The van der Waals surface area contributed by atoms with E-state index >= 15 is 0 Å². The van der Waals surface area contributed by atoms with E-state index in [1.807, 2.05) is 5.48 Å². The molecule has 3 rings (SSSR count). The van der Waals surface area contributed by atoms with E-state index < -0.39 is 35.8 Å². The first kappa shape index (κ1) is 23.6. The van der Waals surface area contributed by atoms with Crippen molar-refractivity contribution in [3.8, 4) is 11.5 Å². The first-order chi connectivity index (χ1) is 15.8. The predicted molar refractivity (Wildman–Crippen MR) is 115 cm³/mol. The molecule has 3 amide bonds. The van der Waals surface area contributed by atoms with E-state index in [0.717, 1.165) is 6.92 Å². The Morgan fingerprint density at radius 1 is 1.24 bits per heavy atom. The van der Waals surface area contributed by atoms with Crippen molar-refractivity contribution < 1.29 is 33.5 Å². The Hall–Kier alpha value is -4.08. The third-order valence-electron chi connectivity index (χ3n) is 5.07. The fourth-order valence-corrected chi connectivity index (χ4v) is 3.76. The predicted octanol–water partition coefficient (Wildman–Crippen LogP) is 1.60. The summed E-state index contributed by atoms with van der Waals surface area (Å²) >= 11 is 0. The molecule has 0 bridgehead atoms. The molecule has 1 aliphatic heterocycles. The molecule has 2 aromatic carbocycles. The van der Waals surface area contributed by atoms with Crippen molar-refractivity contribution in [2.45, 2.75) is 32.4 Å². The molecule has 33 heavy (non-hydrogen) atoms. The lowest BCUT2D eigenvalue weighted by Crippen LogP contribution is -2.41. The number of carbonyl (C=O) groups is 4. The minimum atomic E-state index is -1.12. The Morgan fingerprint density at radius 2 is 2.00 bits per heavy atom. The van der Waals surface area contributed by atoms with Crippen LogP contribution < -0.4 is 20.7 Å². The SMILES string of the molecule is CCOc1cc(C(CC(=O)NOC(C)=O)N2C(=O)c3[c]cccc3C2C(N)=O)ccc1OC. The lowest BCUT2D eigenvalue weighted by atomic mass is 9.98. The van der Waals surface area contributed by atoms with Crippen molar-refractivity contribution in [2.75, 3.05) is 13.7 Å². The molecule has 0 fully saturated rings. The molecule has 10 heteroatoms. The number of rotatable bonds is 8. The molecule has 3 N–H and O–H groups in total. The molecule has 0 saturated carbocycles. The van der Waals surface area contributed by atoms with Crippen LogP contribution in [0.4, 0.5) is 0 Å². The van der Waals surface area contributed by atoms with Gasteiger partial charge in [0.05, 0.1) is 31.7 Å². The van der Waals surface area contributed by atoms with Crippen LogP contribution in [0.25, 0.3) is 0 Å². The van der Waals surface area contributed by atoms with E-state index in [1.165, 1.54) is 12.0 Å². The maximum Gasteiger partial charge on any atom is 0.329 e. The van der Waals surface area contributed by atoms with Gasteiger partial charge in [-0.2, -0.15) is 5.48 Å². The maximum absolute atomic E-state index is 13.3. The summed E-state index contributed by atoms with van der Waals surface area (Å²) in [6, 6.07) is 10.5. The van der Waals surface area contributed by atoms with Gasteiger partial charge >= 0.3 is 5.97 Å². The van der Waals surface area contributed by atoms with Crippen LogP contribution in [0.2, 0.25) is 0 Å². The Bertz CT molecular complexity index is 1090. The third-order valence-corrected chi connectivity index (χ3v) is 5.07. The van der Waals surface area contributed by atoms with E-state index in [2.05, 4.69) is 10.9 Å². The number of nitrogens with one attached hydrogen (secondary N) is 1. The van der Waals surface area contributed by atoms with Crippen LogP contribution in [-0.2, 0) is 19.2 Å². The molecule has 1 aliphatic rings. The molecular weight excluding hydrogens is 430 g/mol. The van der Waals surface area contributed by atoms with Gasteiger partial charge in [0.25, 0.3) is 11.8 Å². The normalized spacial score (nSPS) is 15.4. The first-order valence-electron chi connectivity index (χ1n) is 10.2. The largest absolute Gasteiger partial charge is 0.493 e. The van der Waals surface area contributed by atoms with Crippen LogP contribution >= 0.6 is 0 Å². The fourth-order valence-electron chi connectivity index (χ4n) is 3.76. The number of carbonyl (C=O) groups excluding carboxylic acids is 4.